The number of benzene rings is 1. The van der Waals surface area contributed by atoms with E-state index >= 15 is 0 Å². The molecular weight excluding hydrogens is 306 g/mol. The topological polar surface area (TPSA) is 56.6 Å². The third-order valence-corrected chi connectivity index (χ3v) is 4.45. The summed E-state index contributed by atoms with van der Waals surface area (Å²) in [5, 5.41) is 4.51. The smallest absolute Gasteiger partial charge is 0.275 e. The number of likely N-dealkylation sites (tertiary alicyclic amines) is 1. The van der Waals surface area contributed by atoms with Crippen LogP contribution in [0, 0.1) is 6.92 Å². The normalized spacial score (nSPS) is 20.5. The Morgan fingerprint density at radius 3 is 2.71 bits per heavy atom. The molecule has 2 atom stereocenters. The molecule has 0 unspecified atom stereocenters. The number of hydrogen-bond donors (Lipinski definition) is 0. The van der Waals surface area contributed by atoms with Crippen molar-refractivity contribution < 1.29 is 14.3 Å². The van der Waals surface area contributed by atoms with Crippen LogP contribution in [0.1, 0.15) is 22.5 Å². The first-order valence-electron chi connectivity index (χ1n) is 8.08. The SMILES string of the molecule is COC[C@@H]1C[C@@H](OC)CN1C(=O)c1nn(-c2ccccc2)cc1C. The molecule has 1 aliphatic rings. The molecule has 3 rings (SSSR count). The van der Waals surface area contributed by atoms with Gasteiger partial charge in [-0.25, -0.2) is 4.68 Å². The maximum Gasteiger partial charge on any atom is 0.275 e. The Bertz CT molecular complexity index is 699. The van der Waals surface area contributed by atoms with Crippen molar-refractivity contribution in [2.75, 3.05) is 27.4 Å². The lowest BCUT2D eigenvalue weighted by atomic mass is 10.2. The van der Waals surface area contributed by atoms with Gasteiger partial charge in [-0.2, -0.15) is 5.10 Å². The molecule has 0 aliphatic carbocycles. The van der Waals surface area contributed by atoms with Crippen molar-refractivity contribution >= 4 is 5.91 Å². The summed E-state index contributed by atoms with van der Waals surface area (Å²) < 4.78 is 12.4. The molecule has 1 aromatic carbocycles. The average molecular weight is 329 g/mol. The van der Waals surface area contributed by atoms with Crippen LogP contribution in [0.2, 0.25) is 0 Å². The summed E-state index contributed by atoms with van der Waals surface area (Å²) in [5.74, 6) is -0.0659. The van der Waals surface area contributed by atoms with Gasteiger partial charge in [-0.15, -0.1) is 0 Å². The number of methoxy groups -OCH3 is 2. The molecule has 0 N–H and O–H groups in total. The van der Waals surface area contributed by atoms with Crippen LogP contribution in [0.5, 0.6) is 0 Å². The Morgan fingerprint density at radius 2 is 2.04 bits per heavy atom. The van der Waals surface area contributed by atoms with Gasteiger partial charge in [0.1, 0.15) is 0 Å². The summed E-state index contributed by atoms with van der Waals surface area (Å²) in [5.41, 5.74) is 2.28. The van der Waals surface area contributed by atoms with E-state index < -0.39 is 0 Å². The van der Waals surface area contributed by atoms with Crippen molar-refractivity contribution in [2.45, 2.75) is 25.5 Å². The molecule has 1 saturated heterocycles. The maximum atomic E-state index is 13.0. The van der Waals surface area contributed by atoms with Crippen molar-refractivity contribution in [1.82, 2.24) is 14.7 Å². The lowest BCUT2D eigenvalue weighted by Crippen LogP contribution is -2.39. The first-order valence-corrected chi connectivity index (χ1v) is 8.08. The third kappa shape index (κ3) is 3.20. The number of amides is 1. The molecule has 1 amide bonds. The van der Waals surface area contributed by atoms with Gasteiger partial charge in [0, 0.05) is 32.5 Å². The molecule has 128 valence electrons. The van der Waals surface area contributed by atoms with E-state index in [1.54, 1.807) is 18.9 Å². The fourth-order valence-corrected chi connectivity index (χ4v) is 3.16. The minimum Gasteiger partial charge on any atom is -0.383 e. The summed E-state index contributed by atoms with van der Waals surface area (Å²) in [6, 6.07) is 9.80. The number of aromatic nitrogens is 2. The summed E-state index contributed by atoms with van der Waals surface area (Å²) in [6.07, 6.45) is 2.72. The van der Waals surface area contributed by atoms with Crippen molar-refractivity contribution in [2.24, 2.45) is 0 Å². The van der Waals surface area contributed by atoms with Gasteiger partial charge in [-0.1, -0.05) is 18.2 Å². The van der Waals surface area contributed by atoms with E-state index in [1.165, 1.54) is 0 Å². The van der Waals surface area contributed by atoms with Crippen LogP contribution in [0.15, 0.2) is 36.5 Å². The summed E-state index contributed by atoms with van der Waals surface area (Å²) in [4.78, 5) is 14.8. The molecule has 2 heterocycles. The highest BCUT2D eigenvalue weighted by Crippen LogP contribution is 2.23. The van der Waals surface area contributed by atoms with E-state index in [4.69, 9.17) is 9.47 Å². The number of carbonyl (C=O) groups excluding carboxylic acids is 1. The van der Waals surface area contributed by atoms with Gasteiger partial charge >= 0.3 is 0 Å². The fourth-order valence-electron chi connectivity index (χ4n) is 3.16. The van der Waals surface area contributed by atoms with Gasteiger partial charge in [0.25, 0.3) is 5.91 Å². The number of carbonyl (C=O) groups is 1. The number of para-hydroxylation sites is 1. The van der Waals surface area contributed by atoms with Crippen LogP contribution in [-0.2, 0) is 9.47 Å². The summed E-state index contributed by atoms with van der Waals surface area (Å²) >= 11 is 0. The number of nitrogens with zero attached hydrogens (tertiary/aromatic N) is 3. The molecule has 24 heavy (non-hydrogen) atoms. The van der Waals surface area contributed by atoms with Gasteiger partial charge in [-0.3, -0.25) is 4.79 Å². The van der Waals surface area contributed by atoms with E-state index in [2.05, 4.69) is 5.10 Å². The van der Waals surface area contributed by atoms with E-state index in [1.807, 2.05) is 48.4 Å². The van der Waals surface area contributed by atoms with Crippen LogP contribution in [0.4, 0.5) is 0 Å². The van der Waals surface area contributed by atoms with Crippen molar-refractivity contribution in [3.63, 3.8) is 0 Å². The summed E-state index contributed by atoms with van der Waals surface area (Å²) in [7, 11) is 3.33. The molecule has 6 heteroatoms. The van der Waals surface area contributed by atoms with Crippen molar-refractivity contribution in [3.8, 4) is 5.69 Å². The molecule has 2 aromatic rings. The first-order chi connectivity index (χ1) is 11.6. The monoisotopic (exact) mass is 329 g/mol. The van der Waals surface area contributed by atoms with Gasteiger partial charge in [0.15, 0.2) is 5.69 Å². The first kappa shape index (κ1) is 16.7. The number of rotatable bonds is 5. The van der Waals surface area contributed by atoms with Crippen molar-refractivity contribution in [3.05, 3.63) is 47.8 Å². The van der Waals surface area contributed by atoms with Gasteiger partial charge < -0.3 is 14.4 Å². The molecule has 0 spiro atoms. The average Bonchev–Trinajstić information content (AvgIpc) is 3.19. The Labute approximate surface area is 142 Å². The lowest BCUT2D eigenvalue weighted by molar-refractivity contribution is 0.0605. The van der Waals surface area contributed by atoms with Gasteiger partial charge in [0.2, 0.25) is 0 Å². The highest BCUT2D eigenvalue weighted by atomic mass is 16.5. The predicted octanol–water partition coefficient (Wildman–Crippen LogP) is 2.06. The Balaban J connectivity index is 1.86. The van der Waals surface area contributed by atoms with Crippen molar-refractivity contribution in [1.29, 1.82) is 0 Å². The standard InChI is InChI=1S/C18H23N3O3/c1-13-10-21(14-7-5-4-6-8-14)19-17(13)18(22)20-11-16(24-3)9-15(20)12-23-2/h4-8,10,15-16H,9,11-12H2,1-3H3/t15-,16+/m0/s1. The zero-order valence-electron chi connectivity index (χ0n) is 14.3. The molecule has 1 aliphatic heterocycles. The molecule has 6 nitrogen and oxygen atoms in total. The second-order valence-electron chi connectivity index (χ2n) is 6.10. The van der Waals surface area contributed by atoms with E-state index in [-0.39, 0.29) is 18.1 Å². The summed E-state index contributed by atoms with van der Waals surface area (Å²) in [6.45, 7) is 2.99. The van der Waals surface area contributed by atoms with Crippen LogP contribution in [-0.4, -0.2) is 60.1 Å². The zero-order valence-corrected chi connectivity index (χ0v) is 14.3. The second-order valence-corrected chi connectivity index (χ2v) is 6.10. The predicted molar refractivity (Wildman–Crippen MR) is 90.4 cm³/mol. The number of aryl methyl sites for hydroxylation is 1. The third-order valence-electron chi connectivity index (χ3n) is 4.45. The lowest BCUT2D eigenvalue weighted by Gasteiger charge is -2.23. The molecule has 1 aromatic heterocycles. The zero-order chi connectivity index (χ0) is 17.1. The van der Waals surface area contributed by atoms with Crippen LogP contribution >= 0.6 is 0 Å². The quantitative estimate of drug-likeness (QED) is 0.842. The van der Waals surface area contributed by atoms with Crippen LogP contribution in [0.25, 0.3) is 5.69 Å². The van der Waals surface area contributed by atoms with Crippen LogP contribution < -0.4 is 0 Å². The number of ether oxygens (including phenoxy) is 2. The van der Waals surface area contributed by atoms with E-state index in [9.17, 15) is 4.79 Å². The van der Waals surface area contributed by atoms with Gasteiger partial charge in [-0.05, 0) is 25.5 Å². The number of hydrogen-bond acceptors (Lipinski definition) is 4. The molecule has 0 bridgehead atoms. The Morgan fingerprint density at radius 1 is 1.29 bits per heavy atom. The molecule has 1 fully saturated rings. The minimum atomic E-state index is -0.0659. The Hall–Kier alpha value is -2.18. The van der Waals surface area contributed by atoms with Crippen LogP contribution in [0.3, 0.4) is 0 Å². The second kappa shape index (κ2) is 7.15. The molecular formula is C18H23N3O3. The van der Waals surface area contributed by atoms with E-state index in [0.717, 1.165) is 17.7 Å². The largest absolute Gasteiger partial charge is 0.383 e. The Kier molecular flexibility index (Phi) is 4.97. The van der Waals surface area contributed by atoms with Gasteiger partial charge in [0.05, 0.1) is 24.4 Å². The minimum absolute atomic E-state index is 0.0220. The maximum absolute atomic E-state index is 13.0. The highest BCUT2D eigenvalue weighted by Gasteiger charge is 2.37. The van der Waals surface area contributed by atoms with E-state index in [0.29, 0.717) is 18.8 Å². The highest BCUT2D eigenvalue weighted by molar-refractivity contribution is 5.94. The molecule has 0 radical (unpaired) electrons. The molecule has 0 saturated carbocycles. The fraction of sp³-hybridized carbons (Fsp3) is 0.444.